The third-order valence-electron chi connectivity index (χ3n) is 8.44. The molecule has 44 heavy (non-hydrogen) atoms. The molecule has 1 aliphatic heterocycles. The molecule has 8 nitrogen and oxygen atoms in total. The Morgan fingerprint density at radius 1 is 0.932 bits per heavy atom. The number of amides is 1. The highest BCUT2D eigenvalue weighted by molar-refractivity contribution is 7.22. The van der Waals surface area contributed by atoms with Crippen LogP contribution in [-0.2, 0) is 13.0 Å². The first-order valence-corrected chi connectivity index (χ1v) is 15.9. The molecule has 0 radical (unpaired) electrons. The Morgan fingerprint density at radius 2 is 1.77 bits per heavy atom. The standard InChI is InChI=1S/C35H32N4O4S/c40-33(38-35-36-29-14-4-5-15-30(29)44-35)27-13-7-8-22-18-19-39(21-28(22)27)31-17-16-26(32(37-31)34(41)42)23-9-6-12-25(20-23)43-24-10-2-1-3-11-24/h4-9,12-17,20,24H,1-3,10-11,18-19,21H2,(H,41,42)(H,36,38,40). The quantitative estimate of drug-likeness (QED) is 0.197. The van der Waals surface area contributed by atoms with Crippen LogP contribution in [0.15, 0.2) is 78.9 Å². The Kier molecular flexibility index (Phi) is 7.70. The van der Waals surface area contributed by atoms with Crippen LogP contribution in [0.5, 0.6) is 5.75 Å². The average Bonchev–Trinajstić information content (AvgIpc) is 3.47. The van der Waals surface area contributed by atoms with E-state index in [1.165, 1.54) is 30.6 Å². The summed E-state index contributed by atoms with van der Waals surface area (Å²) in [7, 11) is 0. The maximum atomic E-state index is 13.4. The van der Waals surface area contributed by atoms with Gasteiger partial charge in [0.15, 0.2) is 10.8 Å². The van der Waals surface area contributed by atoms with Gasteiger partial charge in [0.05, 0.1) is 16.3 Å². The van der Waals surface area contributed by atoms with E-state index in [9.17, 15) is 14.7 Å². The van der Waals surface area contributed by atoms with Crippen LogP contribution in [-0.4, -0.2) is 39.6 Å². The lowest BCUT2D eigenvalue weighted by atomic mass is 9.94. The molecular weight excluding hydrogens is 572 g/mol. The minimum absolute atomic E-state index is 0.00928. The Balaban J connectivity index is 1.13. The number of rotatable bonds is 7. The first-order chi connectivity index (χ1) is 21.5. The topological polar surface area (TPSA) is 105 Å². The molecule has 1 fully saturated rings. The molecule has 222 valence electrons. The lowest BCUT2D eigenvalue weighted by molar-refractivity contribution is 0.0691. The van der Waals surface area contributed by atoms with Gasteiger partial charge in [-0.15, -0.1) is 0 Å². The van der Waals surface area contributed by atoms with Gasteiger partial charge < -0.3 is 14.7 Å². The van der Waals surface area contributed by atoms with E-state index in [0.717, 1.165) is 45.5 Å². The van der Waals surface area contributed by atoms with Crippen LogP contribution in [0.3, 0.4) is 0 Å². The Bertz CT molecular complexity index is 1830. The number of fused-ring (bicyclic) bond motifs is 2. The molecule has 9 heteroatoms. The highest BCUT2D eigenvalue weighted by atomic mass is 32.1. The van der Waals surface area contributed by atoms with E-state index in [-0.39, 0.29) is 17.7 Å². The van der Waals surface area contributed by atoms with Gasteiger partial charge in [0.1, 0.15) is 11.6 Å². The third kappa shape index (κ3) is 5.75. The van der Waals surface area contributed by atoms with E-state index in [2.05, 4.69) is 15.3 Å². The second-order valence-electron chi connectivity index (χ2n) is 11.3. The fraction of sp³-hybridized carbons (Fsp3) is 0.257. The number of nitrogens with zero attached hydrogens (tertiary/aromatic N) is 3. The average molecular weight is 605 g/mol. The van der Waals surface area contributed by atoms with Crippen molar-refractivity contribution in [2.45, 2.75) is 51.2 Å². The number of hydrogen-bond donors (Lipinski definition) is 2. The third-order valence-corrected chi connectivity index (χ3v) is 9.39. The van der Waals surface area contributed by atoms with Crippen LogP contribution in [0.1, 0.15) is 64.1 Å². The van der Waals surface area contributed by atoms with Gasteiger partial charge in [-0.25, -0.2) is 14.8 Å². The molecule has 0 spiro atoms. The maximum absolute atomic E-state index is 13.4. The number of para-hydroxylation sites is 1. The van der Waals surface area contributed by atoms with Crippen LogP contribution in [0.25, 0.3) is 21.3 Å². The number of pyridine rings is 1. The number of carbonyl (C=O) groups is 2. The van der Waals surface area contributed by atoms with Crippen molar-refractivity contribution in [3.63, 3.8) is 0 Å². The van der Waals surface area contributed by atoms with Gasteiger partial charge in [-0.05, 0) is 91.3 Å². The fourth-order valence-corrected chi connectivity index (χ4v) is 7.07. The van der Waals surface area contributed by atoms with Crippen molar-refractivity contribution >= 4 is 44.4 Å². The molecule has 3 aromatic carbocycles. The number of carboxylic acids is 1. The van der Waals surface area contributed by atoms with Gasteiger partial charge in [0, 0.05) is 24.2 Å². The zero-order valence-electron chi connectivity index (χ0n) is 24.2. The van der Waals surface area contributed by atoms with Crippen LogP contribution >= 0.6 is 11.3 Å². The second kappa shape index (κ2) is 12.1. The van der Waals surface area contributed by atoms with E-state index in [1.54, 1.807) is 0 Å². The molecule has 2 aliphatic rings. The molecule has 0 atom stereocenters. The minimum atomic E-state index is -1.09. The molecule has 0 unspecified atom stereocenters. The van der Waals surface area contributed by atoms with E-state index >= 15 is 0 Å². The molecule has 2 N–H and O–H groups in total. The smallest absolute Gasteiger partial charge is 0.355 e. The van der Waals surface area contributed by atoms with Crippen molar-refractivity contribution in [3.8, 4) is 16.9 Å². The van der Waals surface area contributed by atoms with E-state index in [1.807, 2.05) is 83.8 Å². The second-order valence-corrected chi connectivity index (χ2v) is 12.4. The number of carboxylic acid groups (broad SMARTS) is 1. The summed E-state index contributed by atoms with van der Waals surface area (Å²) in [6.07, 6.45) is 6.61. The summed E-state index contributed by atoms with van der Waals surface area (Å²) in [5.41, 5.74) is 4.73. The predicted molar refractivity (Wildman–Crippen MR) is 173 cm³/mol. The van der Waals surface area contributed by atoms with Crippen molar-refractivity contribution in [2.24, 2.45) is 0 Å². The summed E-state index contributed by atoms with van der Waals surface area (Å²) in [5, 5.41) is 13.7. The number of aromatic nitrogens is 2. The molecule has 0 saturated heterocycles. The van der Waals surface area contributed by atoms with Gasteiger partial charge in [-0.2, -0.15) is 0 Å². The Morgan fingerprint density at radius 3 is 2.61 bits per heavy atom. The zero-order valence-corrected chi connectivity index (χ0v) is 25.0. The molecule has 7 rings (SSSR count). The summed E-state index contributed by atoms with van der Waals surface area (Å²) in [6, 6.07) is 24.9. The van der Waals surface area contributed by atoms with Gasteiger partial charge in [-0.3, -0.25) is 10.1 Å². The van der Waals surface area contributed by atoms with Gasteiger partial charge in [-0.1, -0.05) is 54.2 Å². The summed E-state index contributed by atoms with van der Waals surface area (Å²) in [5.74, 6) is 0.00767. The molecule has 1 aliphatic carbocycles. The largest absolute Gasteiger partial charge is 0.490 e. The molecule has 1 amide bonds. The number of benzene rings is 3. The van der Waals surface area contributed by atoms with Crippen molar-refractivity contribution < 1.29 is 19.4 Å². The lowest BCUT2D eigenvalue weighted by Gasteiger charge is -2.31. The van der Waals surface area contributed by atoms with Crippen molar-refractivity contribution in [2.75, 3.05) is 16.8 Å². The van der Waals surface area contributed by atoms with Gasteiger partial charge in [0.25, 0.3) is 5.91 Å². The van der Waals surface area contributed by atoms with Crippen LogP contribution < -0.4 is 15.0 Å². The predicted octanol–water partition coefficient (Wildman–Crippen LogP) is 7.58. The van der Waals surface area contributed by atoms with Crippen LogP contribution in [0.4, 0.5) is 10.9 Å². The van der Waals surface area contributed by atoms with Gasteiger partial charge in [0.2, 0.25) is 0 Å². The highest BCUT2D eigenvalue weighted by Gasteiger charge is 2.25. The van der Waals surface area contributed by atoms with E-state index in [4.69, 9.17) is 4.74 Å². The van der Waals surface area contributed by atoms with Crippen LogP contribution in [0.2, 0.25) is 0 Å². The van der Waals surface area contributed by atoms with Crippen molar-refractivity contribution in [1.82, 2.24) is 9.97 Å². The number of thiazole rings is 1. The molecule has 1 saturated carbocycles. The Hall–Kier alpha value is -4.76. The van der Waals surface area contributed by atoms with Crippen molar-refractivity contribution in [3.05, 3.63) is 101 Å². The molecule has 5 aromatic rings. The normalized spacial score (nSPS) is 15.1. The highest BCUT2D eigenvalue weighted by Crippen LogP contribution is 2.33. The first-order valence-electron chi connectivity index (χ1n) is 15.1. The fourth-order valence-electron chi connectivity index (χ4n) is 6.21. The minimum Gasteiger partial charge on any atom is -0.490 e. The number of anilines is 2. The van der Waals surface area contributed by atoms with E-state index in [0.29, 0.717) is 41.6 Å². The monoisotopic (exact) mass is 604 g/mol. The van der Waals surface area contributed by atoms with Gasteiger partial charge >= 0.3 is 5.97 Å². The van der Waals surface area contributed by atoms with E-state index < -0.39 is 5.97 Å². The summed E-state index contributed by atoms with van der Waals surface area (Å²) < 4.78 is 7.25. The molecule has 2 aromatic heterocycles. The number of nitrogens with one attached hydrogen (secondary N) is 1. The van der Waals surface area contributed by atoms with Crippen LogP contribution in [0, 0.1) is 0 Å². The lowest BCUT2D eigenvalue weighted by Crippen LogP contribution is -2.33. The van der Waals surface area contributed by atoms with Crippen molar-refractivity contribution in [1.29, 1.82) is 0 Å². The molecule has 0 bridgehead atoms. The summed E-state index contributed by atoms with van der Waals surface area (Å²) in [6.45, 7) is 1.10. The summed E-state index contributed by atoms with van der Waals surface area (Å²) in [4.78, 5) is 37.1. The SMILES string of the molecule is O=C(Nc1nc2ccccc2s1)c1cccc2c1CN(c1ccc(-c3cccc(OC4CCCCC4)c3)c(C(=O)O)n1)CC2. The number of ether oxygens (including phenoxy) is 1. The molecular formula is C35H32N4O4S. The number of hydrogen-bond acceptors (Lipinski definition) is 7. The zero-order chi connectivity index (χ0) is 30.0. The molecule has 3 heterocycles. The summed E-state index contributed by atoms with van der Waals surface area (Å²) >= 11 is 1.44. The number of carbonyl (C=O) groups excluding carboxylic acids is 1. The first kappa shape index (κ1) is 28.0. The maximum Gasteiger partial charge on any atom is 0.355 e. The number of aromatic carboxylic acids is 1. The Labute approximate surface area is 259 Å².